The van der Waals surface area contributed by atoms with E-state index < -0.39 is 11.6 Å². The predicted octanol–water partition coefficient (Wildman–Crippen LogP) is 2.06. The maximum absolute atomic E-state index is 13.7. The van der Waals surface area contributed by atoms with Crippen molar-refractivity contribution in [2.45, 2.75) is 6.92 Å². The zero-order chi connectivity index (χ0) is 14.2. The van der Waals surface area contributed by atoms with E-state index in [0.29, 0.717) is 5.69 Å². The molecule has 6 heteroatoms. The average molecular weight is 280 g/mol. The molecule has 3 nitrogen and oxygen atoms in total. The average Bonchev–Trinajstić information content (AvgIpc) is 2.30. The lowest BCUT2D eigenvalue weighted by atomic mass is 10.2. The number of nitrogens with zero attached hydrogens (tertiary/aromatic N) is 1. The minimum absolute atomic E-state index is 0.0683. The topological polar surface area (TPSA) is 48.0 Å². The number of rotatable bonds is 2. The molecule has 0 saturated carbocycles. The number of benzene rings is 1. The number of aryl methyl sites for hydroxylation is 1. The van der Waals surface area contributed by atoms with Crippen LogP contribution in [0.5, 0.6) is 0 Å². The molecule has 1 aromatic carbocycles. The lowest BCUT2D eigenvalue weighted by Crippen LogP contribution is -2.23. The minimum atomic E-state index is -0.736. The Hall–Kier alpha value is -2.08. The van der Waals surface area contributed by atoms with Gasteiger partial charge in [-0.25, -0.2) is 8.78 Å². The van der Waals surface area contributed by atoms with Crippen molar-refractivity contribution in [3.8, 4) is 5.69 Å². The molecule has 98 valence electrons. The van der Waals surface area contributed by atoms with E-state index >= 15 is 0 Å². The quantitative estimate of drug-likeness (QED) is 0.857. The van der Waals surface area contributed by atoms with E-state index in [1.165, 1.54) is 22.9 Å². The van der Waals surface area contributed by atoms with Gasteiger partial charge < -0.3 is 10.3 Å². The lowest BCUT2D eigenvalue weighted by Gasteiger charge is -2.13. The minimum Gasteiger partial charge on any atom is -0.389 e. The van der Waals surface area contributed by atoms with E-state index in [-0.39, 0.29) is 21.7 Å². The Morgan fingerprint density at radius 2 is 2.00 bits per heavy atom. The Bertz CT molecular complexity index is 725. The fraction of sp³-hybridized carbons (Fsp3) is 0.0769. The maximum atomic E-state index is 13.7. The Morgan fingerprint density at radius 3 is 2.58 bits per heavy atom. The lowest BCUT2D eigenvalue weighted by molar-refractivity contribution is 0.576. The van der Waals surface area contributed by atoms with E-state index in [9.17, 15) is 13.6 Å². The second-order valence-electron chi connectivity index (χ2n) is 4.02. The fourth-order valence-electron chi connectivity index (χ4n) is 1.75. The van der Waals surface area contributed by atoms with Crippen molar-refractivity contribution in [3.63, 3.8) is 0 Å². The van der Waals surface area contributed by atoms with E-state index in [1.807, 2.05) is 0 Å². The van der Waals surface area contributed by atoms with Gasteiger partial charge >= 0.3 is 0 Å². The van der Waals surface area contributed by atoms with E-state index in [1.54, 1.807) is 6.92 Å². The standard InChI is InChI=1S/C13H10F2N2OS/c1-7-4-12(18)9(13(16)19)6-17(7)11-3-2-8(14)5-10(11)15/h2-6H,1H3,(H2,16,19). The summed E-state index contributed by atoms with van der Waals surface area (Å²) < 4.78 is 28.0. The third-order valence-corrected chi connectivity index (χ3v) is 2.90. The van der Waals surface area contributed by atoms with Gasteiger partial charge in [0.2, 0.25) is 0 Å². The first-order valence-corrected chi connectivity index (χ1v) is 5.79. The Kier molecular flexibility index (Phi) is 3.44. The van der Waals surface area contributed by atoms with Gasteiger partial charge in [-0.15, -0.1) is 0 Å². The van der Waals surface area contributed by atoms with Gasteiger partial charge in [-0.2, -0.15) is 0 Å². The van der Waals surface area contributed by atoms with Gasteiger partial charge in [0.1, 0.15) is 16.6 Å². The van der Waals surface area contributed by atoms with Crippen LogP contribution in [-0.2, 0) is 0 Å². The molecule has 0 bridgehead atoms. The Balaban J connectivity index is 2.71. The van der Waals surface area contributed by atoms with Crippen molar-refractivity contribution in [1.29, 1.82) is 0 Å². The van der Waals surface area contributed by atoms with Crippen LogP contribution >= 0.6 is 12.2 Å². The smallest absolute Gasteiger partial charge is 0.192 e. The van der Waals surface area contributed by atoms with Gasteiger partial charge in [-0.05, 0) is 19.1 Å². The van der Waals surface area contributed by atoms with Crippen LogP contribution in [0.1, 0.15) is 11.3 Å². The molecule has 0 radical (unpaired) electrons. The molecule has 2 aromatic rings. The molecule has 0 aliphatic carbocycles. The predicted molar refractivity (Wildman–Crippen MR) is 72.6 cm³/mol. The third-order valence-electron chi connectivity index (χ3n) is 2.68. The third kappa shape index (κ3) is 2.53. The number of hydrogen-bond acceptors (Lipinski definition) is 2. The highest BCUT2D eigenvalue weighted by molar-refractivity contribution is 7.80. The first kappa shape index (κ1) is 13.4. The molecular weight excluding hydrogens is 270 g/mol. The van der Waals surface area contributed by atoms with E-state index in [2.05, 4.69) is 0 Å². The summed E-state index contributed by atoms with van der Waals surface area (Å²) in [7, 11) is 0. The first-order valence-electron chi connectivity index (χ1n) is 5.38. The summed E-state index contributed by atoms with van der Waals surface area (Å²) in [4.78, 5) is 11.6. The Morgan fingerprint density at radius 1 is 1.32 bits per heavy atom. The summed E-state index contributed by atoms with van der Waals surface area (Å²) in [5, 5.41) is 0. The molecule has 0 unspecified atom stereocenters. The first-order chi connectivity index (χ1) is 8.90. The molecule has 0 fully saturated rings. The molecule has 0 saturated heterocycles. The van der Waals surface area contributed by atoms with Gasteiger partial charge in [0.05, 0.1) is 11.3 Å². The van der Waals surface area contributed by atoms with Crippen LogP contribution in [0.3, 0.4) is 0 Å². The number of halogens is 2. The molecule has 0 amide bonds. The zero-order valence-electron chi connectivity index (χ0n) is 9.98. The van der Waals surface area contributed by atoms with Crippen molar-refractivity contribution in [1.82, 2.24) is 4.57 Å². The Labute approximate surface area is 113 Å². The van der Waals surface area contributed by atoms with Gasteiger partial charge in [0.25, 0.3) is 0 Å². The SMILES string of the molecule is Cc1cc(=O)c(C(N)=S)cn1-c1ccc(F)cc1F. The number of nitrogens with two attached hydrogens (primary N) is 1. The van der Waals surface area contributed by atoms with Crippen LogP contribution < -0.4 is 11.2 Å². The molecule has 1 aromatic heterocycles. The highest BCUT2D eigenvalue weighted by atomic mass is 32.1. The van der Waals surface area contributed by atoms with Crippen LogP contribution in [0.15, 0.2) is 35.3 Å². The monoisotopic (exact) mass is 280 g/mol. The maximum Gasteiger partial charge on any atom is 0.192 e. The van der Waals surface area contributed by atoms with Crippen LogP contribution in [0.4, 0.5) is 8.78 Å². The molecule has 0 aliphatic heterocycles. The van der Waals surface area contributed by atoms with Crippen LogP contribution in [0.2, 0.25) is 0 Å². The highest BCUT2D eigenvalue weighted by Gasteiger charge is 2.11. The van der Waals surface area contributed by atoms with E-state index in [0.717, 1.165) is 12.1 Å². The molecular formula is C13H10F2N2OS. The number of thiocarbonyl (C=S) groups is 1. The van der Waals surface area contributed by atoms with Crippen LogP contribution in [-0.4, -0.2) is 9.56 Å². The van der Waals surface area contributed by atoms with Crippen molar-refractivity contribution in [3.05, 3.63) is 63.6 Å². The molecule has 2 rings (SSSR count). The molecule has 0 atom stereocenters. The summed E-state index contributed by atoms with van der Waals surface area (Å²) in [6.45, 7) is 1.63. The summed E-state index contributed by atoms with van der Waals surface area (Å²) in [6, 6.07) is 4.49. The second-order valence-corrected chi connectivity index (χ2v) is 4.46. The number of pyridine rings is 1. The summed E-state index contributed by atoms with van der Waals surface area (Å²) in [6.07, 6.45) is 1.36. The molecule has 0 aliphatic rings. The highest BCUT2D eigenvalue weighted by Crippen LogP contribution is 2.16. The summed E-state index contributed by atoms with van der Waals surface area (Å²) in [5.74, 6) is -1.41. The molecule has 1 heterocycles. The number of aromatic nitrogens is 1. The van der Waals surface area contributed by atoms with Crippen molar-refractivity contribution >= 4 is 17.2 Å². The van der Waals surface area contributed by atoms with Gasteiger partial charge in [-0.3, -0.25) is 4.79 Å². The van der Waals surface area contributed by atoms with Crippen molar-refractivity contribution in [2.75, 3.05) is 0 Å². The van der Waals surface area contributed by atoms with Gasteiger partial charge in [0, 0.05) is 24.0 Å². The normalized spacial score (nSPS) is 10.5. The number of hydrogen-bond donors (Lipinski definition) is 1. The van der Waals surface area contributed by atoms with Crippen molar-refractivity contribution in [2.24, 2.45) is 5.73 Å². The second kappa shape index (κ2) is 4.89. The summed E-state index contributed by atoms with van der Waals surface area (Å²) in [5.41, 5.74) is 5.84. The molecule has 2 N–H and O–H groups in total. The molecule has 0 spiro atoms. The molecule has 19 heavy (non-hydrogen) atoms. The fourth-order valence-corrected chi connectivity index (χ4v) is 1.91. The van der Waals surface area contributed by atoms with Gasteiger partial charge in [0.15, 0.2) is 5.43 Å². The summed E-state index contributed by atoms with van der Waals surface area (Å²) >= 11 is 4.77. The van der Waals surface area contributed by atoms with Crippen molar-refractivity contribution < 1.29 is 8.78 Å². The zero-order valence-corrected chi connectivity index (χ0v) is 10.8. The van der Waals surface area contributed by atoms with Crippen LogP contribution in [0, 0.1) is 18.6 Å². The van der Waals surface area contributed by atoms with Gasteiger partial charge in [-0.1, -0.05) is 12.2 Å². The largest absolute Gasteiger partial charge is 0.389 e. The van der Waals surface area contributed by atoms with Crippen LogP contribution in [0.25, 0.3) is 5.69 Å². The van der Waals surface area contributed by atoms with E-state index in [4.69, 9.17) is 18.0 Å².